The number of nitro benzene ring substituents is 1. The number of non-ortho nitro benzene ring substituents is 1. The Morgan fingerprint density at radius 1 is 1.10 bits per heavy atom. The number of piperidine rings is 1. The van der Waals surface area contributed by atoms with E-state index in [4.69, 9.17) is 0 Å². The maximum absolute atomic E-state index is 14.1. The second-order valence-electron chi connectivity index (χ2n) is 7.48. The average molecular weight is 415 g/mol. The van der Waals surface area contributed by atoms with Crippen molar-refractivity contribution in [1.29, 1.82) is 0 Å². The third-order valence-electron chi connectivity index (χ3n) is 5.40. The van der Waals surface area contributed by atoms with Crippen molar-refractivity contribution < 1.29 is 14.1 Å². The third kappa shape index (κ3) is 4.76. The molecule has 2 fully saturated rings. The summed E-state index contributed by atoms with van der Waals surface area (Å²) in [6.07, 6.45) is 4.27. The van der Waals surface area contributed by atoms with E-state index in [1.54, 1.807) is 18.2 Å². The highest BCUT2D eigenvalue weighted by Gasteiger charge is 2.32. The Morgan fingerprint density at radius 3 is 2.48 bits per heavy atom. The van der Waals surface area contributed by atoms with E-state index in [1.807, 2.05) is 0 Å². The van der Waals surface area contributed by atoms with Crippen molar-refractivity contribution in [2.45, 2.75) is 47.6 Å². The van der Waals surface area contributed by atoms with Gasteiger partial charge < -0.3 is 10.2 Å². The summed E-state index contributed by atoms with van der Waals surface area (Å²) < 4.78 is 14.1. The van der Waals surface area contributed by atoms with E-state index in [0.717, 1.165) is 37.7 Å². The number of hydrogen-bond donors (Lipinski definition) is 1. The Hall–Kier alpha value is -2.45. The number of carbonyl (C=O) groups is 1. The SMILES string of the molecule is O=C(NC1CCN(C2CC2)CC1)c1cc([N+](=O)[O-])ccc1Sc1ccccc1F. The number of hydrogen-bond acceptors (Lipinski definition) is 5. The minimum Gasteiger partial charge on any atom is -0.349 e. The lowest BCUT2D eigenvalue weighted by molar-refractivity contribution is -0.384. The quantitative estimate of drug-likeness (QED) is 0.564. The predicted molar refractivity (Wildman–Crippen MR) is 109 cm³/mol. The summed E-state index contributed by atoms with van der Waals surface area (Å²) in [7, 11) is 0. The van der Waals surface area contributed by atoms with Gasteiger partial charge in [0.2, 0.25) is 0 Å². The van der Waals surface area contributed by atoms with Crippen molar-refractivity contribution in [2.24, 2.45) is 0 Å². The van der Waals surface area contributed by atoms with Gasteiger partial charge in [-0.25, -0.2) is 4.39 Å². The van der Waals surface area contributed by atoms with E-state index in [9.17, 15) is 19.3 Å². The Labute approximate surface area is 172 Å². The number of rotatable bonds is 6. The van der Waals surface area contributed by atoms with E-state index in [-0.39, 0.29) is 23.2 Å². The standard InChI is InChI=1S/C21H22FN3O3S/c22-18-3-1-2-4-20(18)29-19-8-7-16(25(27)28)13-17(19)21(26)23-14-9-11-24(12-10-14)15-5-6-15/h1-4,7-8,13-15H,5-6,9-12H2,(H,23,26). The van der Waals surface area contributed by atoms with Gasteiger partial charge in [0.15, 0.2) is 0 Å². The fraction of sp³-hybridized carbons (Fsp3) is 0.381. The molecular weight excluding hydrogens is 393 g/mol. The van der Waals surface area contributed by atoms with Crippen LogP contribution in [0.4, 0.5) is 10.1 Å². The number of halogens is 1. The van der Waals surface area contributed by atoms with Crippen molar-refractivity contribution in [3.63, 3.8) is 0 Å². The second-order valence-corrected chi connectivity index (χ2v) is 8.57. The van der Waals surface area contributed by atoms with Gasteiger partial charge in [0, 0.05) is 47.1 Å². The Kier molecular flexibility index (Phi) is 5.82. The van der Waals surface area contributed by atoms with Gasteiger partial charge in [0.05, 0.1) is 10.5 Å². The smallest absolute Gasteiger partial charge is 0.270 e. The molecule has 1 heterocycles. The molecule has 4 rings (SSSR count). The Balaban J connectivity index is 1.52. The van der Waals surface area contributed by atoms with Gasteiger partial charge in [0.25, 0.3) is 11.6 Å². The van der Waals surface area contributed by atoms with Crippen LogP contribution in [0.1, 0.15) is 36.0 Å². The zero-order chi connectivity index (χ0) is 20.4. The monoisotopic (exact) mass is 415 g/mol. The van der Waals surface area contributed by atoms with Crippen molar-refractivity contribution in [3.05, 3.63) is 64.0 Å². The fourth-order valence-corrected chi connectivity index (χ4v) is 4.60. The molecule has 1 amide bonds. The summed E-state index contributed by atoms with van der Waals surface area (Å²) in [5, 5.41) is 14.2. The average Bonchev–Trinajstić information content (AvgIpc) is 3.56. The molecule has 0 bridgehead atoms. The number of amides is 1. The van der Waals surface area contributed by atoms with Crippen LogP contribution in [0.25, 0.3) is 0 Å². The van der Waals surface area contributed by atoms with Gasteiger partial charge in [-0.05, 0) is 43.9 Å². The maximum atomic E-state index is 14.1. The Bertz CT molecular complexity index is 927. The first-order chi connectivity index (χ1) is 14.0. The van der Waals surface area contributed by atoms with Crippen LogP contribution in [0.3, 0.4) is 0 Å². The van der Waals surface area contributed by atoms with Crippen molar-refractivity contribution >= 4 is 23.4 Å². The highest BCUT2D eigenvalue weighted by atomic mass is 32.2. The molecule has 0 radical (unpaired) electrons. The number of likely N-dealkylation sites (tertiary alicyclic amines) is 1. The molecule has 1 saturated heterocycles. The predicted octanol–water partition coefficient (Wildman–Crippen LogP) is 4.24. The van der Waals surface area contributed by atoms with E-state index in [0.29, 0.717) is 15.8 Å². The molecule has 29 heavy (non-hydrogen) atoms. The highest BCUT2D eigenvalue weighted by molar-refractivity contribution is 7.99. The van der Waals surface area contributed by atoms with Crippen LogP contribution in [0.15, 0.2) is 52.3 Å². The van der Waals surface area contributed by atoms with Crippen LogP contribution in [-0.4, -0.2) is 40.9 Å². The van der Waals surface area contributed by atoms with E-state index in [1.165, 1.54) is 37.1 Å². The molecule has 0 aromatic heterocycles. The lowest BCUT2D eigenvalue weighted by atomic mass is 10.0. The zero-order valence-corrected chi connectivity index (χ0v) is 16.7. The summed E-state index contributed by atoms with van der Waals surface area (Å²) in [5.74, 6) is -0.743. The molecule has 0 atom stereocenters. The number of nitrogens with one attached hydrogen (secondary N) is 1. The molecular formula is C21H22FN3O3S. The van der Waals surface area contributed by atoms with Gasteiger partial charge in [-0.15, -0.1) is 0 Å². The minimum atomic E-state index is -0.525. The maximum Gasteiger partial charge on any atom is 0.270 e. The van der Waals surface area contributed by atoms with Crippen molar-refractivity contribution in [1.82, 2.24) is 10.2 Å². The molecule has 0 spiro atoms. The molecule has 1 saturated carbocycles. The number of nitrogens with zero attached hydrogens (tertiary/aromatic N) is 2. The summed E-state index contributed by atoms with van der Waals surface area (Å²) in [6, 6.07) is 11.2. The minimum absolute atomic E-state index is 0.0445. The van der Waals surface area contributed by atoms with Gasteiger partial charge in [-0.3, -0.25) is 14.9 Å². The van der Waals surface area contributed by atoms with Crippen LogP contribution in [-0.2, 0) is 0 Å². The molecule has 8 heteroatoms. The van der Waals surface area contributed by atoms with Crippen LogP contribution < -0.4 is 5.32 Å². The topological polar surface area (TPSA) is 75.5 Å². The normalized spacial score (nSPS) is 17.8. The number of nitro groups is 1. The molecule has 6 nitrogen and oxygen atoms in total. The molecule has 1 aliphatic carbocycles. The Morgan fingerprint density at radius 2 is 1.83 bits per heavy atom. The lowest BCUT2D eigenvalue weighted by Gasteiger charge is -2.32. The van der Waals surface area contributed by atoms with Crippen molar-refractivity contribution in [3.8, 4) is 0 Å². The van der Waals surface area contributed by atoms with E-state index in [2.05, 4.69) is 10.2 Å². The molecule has 1 aliphatic heterocycles. The van der Waals surface area contributed by atoms with Crippen molar-refractivity contribution in [2.75, 3.05) is 13.1 Å². The molecule has 2 aromatic carbocycles. The first kappa shape index (κ1) is 19.8. The number of carbonyl (C=O) groups excluding carboxylic acids is 1. The van der Waals surface area contributed by atoms with Gasteiger partial charge in [-0.1, -0.05) is 23.9 Å². The van der Waals surface area contributed by atoms with Gasteiger partial charge in [0.1, 0.15) is 5.82 Å². The molecule has 2 aromatic rings. The first-order valence-corrected chi connectivity index (χ1v) is 10.6. The largest absolute Gasteiger partial charge is 0.349 e. The van der Waals surface area contributed by atoms with Gasteiger partial charge in [-0.2, -0.15) is 0 Å². The lowest BCUT2D eigenvalue weighted by Crippen LogP contribution is -2.45. The van der Waals surface area contributed by atoms with E-state index >= 15 is 0 Å². The van der Waals surface area contributed by atoms with Crippen LogP contribution in [0, 0.1) is 15.9 Å². The summed E-state index contributed by atoms with van der Waals surface area (Å²) >= 11 is 1.10. The molecule has 0 unspecified atom stereocenters. The van der Waals surface area contributed by atoms with Crippen LogP contribution in [0.2, 0.25) is 0 Å². The van der Waals surface area contributed by atoms with Gasteiger partial charge >= 0.3 is 0 Å². The zero-order valence-electron chi connectivity index (χ0n) is 15.8. The van der Waals surface area contributed by atoms with E-state index < -0.39 is 10.7 Å². The summed E-state index contributed by atoms with van der Waals surface area (Å²) in [6.45, 7) is 1.92. The summed E-state index contributed by atoms with van der Waals surface area (Å²) in [5.41, 5.74) is 0.0497. The van der Waals surface area contributed by atoms with Crippen LogP contribution in [0.5, 0.6) is 0 Å². The molecule has 152 valence electrons. The molecule has 2 aliphatic rings. The second kappa shape index (κ2) is 8.51. The van der Waals surface area contributed by atoms with Crippen LogP contribution >= 0.6 is 11.8 Å². The highest BCUT2D eigenvalue weighted by Crippen LogP contribution is 2.34. The first-order valence-electron chi connectivity index (χ1n) is 9.77. The number of benzene rings is 2. The molecule has 1 N–H and O–H groups in total. The fourth-order valence-electron chi connectivity index (χ4n) is 3.66. The third-order valence-corrected chi connectivity index (χ3v) is 6.53. The summed E-state index contributed by atoms with van der Waals surface area (Å²) in [4.78, 5) is 27.0.